The first kappa shape index (κ1) is 18.7. The molecule has 0 spiro atoms. The summed E-state index contributed by atoms with van der Waals surface area (Å²) in [6.45, 7) is 0.256. The fourth-order valence-corrected chi connectivity index (χ4v) is 4.01. The molecule has 1 saturated heterocycles. The van der Waals surface area contributed by atoms with Gasteiger partial charge in [0.05, 0.1) is 16.3 Å². The molecule has 0 atom stereocenters. The number of carbonyl (C=O) groups is 3. The van der Waals surface area contributed by atoms with Crippen molar-refractivity contribution in [2.45, 2.75) is 32.1 Å². The molecule has 2 aromatic carbocycles. The second kappa shape index (κ2) is 7.76. The zero-order chi connectivity index (χ0) is 19.7. The monoisotopic (exact) mass is 397 g/mol. The van der Waals surface area contributed by atoms with E-state index < -0.39 is 5.97 Å². The van der Waals surface area contributed by atoms with Gasteiger partial charge in [-0.25, -0.2) is 4.79 Å². The summed E-state index contributed by atoms with van der Waals surface area (Å²) in [6.07, 6.45) is 4.38. The minimum absolute atomic E-state index is 0.0146. The summed E-state index contributed by atoms with van der Waals surface area (Å²) in [5.74, 6) is -0.856. The maximum absolute atomic E-state index is 12.4. The molecule has 0 bridgehead atoms. The smallest absolute Gasteiger partial charge is 0.338 e. The number of ether oxygens (including phenoxy) is 1. The second-order valence-corrected chi connectivity index (χ2v) is 7.56. The third-order valence-electron chi connectivity index (χ3n) is 5.30. The Morgan fingerprint density at radius 2 is 1.75 bits per heavy atom. The largest absolute Gasteiger partial charge is 0.454 e. The van der Waals surface area contributed by atoms with Crippen LogP contribution in [-0.2, 0) is 22.4 Å². The summed E-state index contributed by atoms with van der Waals surface area (Å²) in [6, 6.07) is 10.3. The van der Waals surface area contributed by atoms with Crippen LogP contribution >= 0.6 is 11.6 Å². The van der Waals surface area contributed by atoms with Crippen LogP contribution in [0.15, 0.2) is 36.4 Å². The molecule has 28 heavy (non-hydrogen) atoms. The van der Waals surface area contributed by atoms with Crippen LogP contribution in [0, 0.1) is 0 Å². The lowest BCUT2D eigenvalue weighted by atomic mass is 10.0. The average Bonchev–Trinajstić information content (AvgIpc) is 3.34. The van der Waals surface area contributed by atoms with Gasteiger partial charge in [-0.2, -0.15) is 0 Å². The highest BCUT2D eigenvalue weighted by Gasteiger charge is 2.25. The molecule has 4 rings (SSSR count). The number of hydrogen-bond donors (Lipinski definition) is 0. The Hall–Kier alpha value is -2.66. The van der Waals surface area contributed by atoms with E-state index in [1.165, 1.54) is 17.2 Å². The third kappa shape index (κ3) is 3.67. The van der Waals surface area contributed by atoms with Crippen LogP contribution in [0.3, 0.4) is 0 Å². The highest BCUT2D eigenvalue weighted by Crippen LogP contribution is 2.30. The summed E-state index contributed by atoms with van der Waals surface area (Å²) in [5, 5.41) is 0.404. The van der Waals surface area contributed by atoms with Gasteiger partial charge in [-0.15, -0.1) is 0 Å². The molecule has 0 aromatic heterocycles. The molecule has 1 aliphatic heterocycles. The molecule has 0 radical (unpaired) electrons. The predicted octanol–water partition coefficient (Wildman–Crippen LogP) is 4.00. The summed E-state index contributed by atoms with van der Waals surface area (Å²) in [4.78, 5) is 38.4. The van der Waals surface area contributed by atoms with Gasteiger partial charge in [0.15, 0.2) is 12.4 Å². The molecule has 1 aliphatic carbocycles. The van der Waals surface area contributed by atoms with Gasteiger partial charge in [0.1, 0.15) is 0 Å². The highest BCUT2D eigenvalue weighted by atomic mass is 35.5. The van der Waals surface area contributed by atoms with E-state index in [1.54, 1.807) is 23.1 Å². The average molecular weight is 398 g/mol. The second-order valence-electron chi connectivity index (χ2n) is 7.15. The number of ketones is 1. The van der Waals surface area contributed by atoms with Crippen molar-refractivity contribution in [1.29, 1.82) is 0 Å². The molecule has 1 heterocycles. The lowest BCUT2D eigenvalue weighted by Crippen LogP contribution is -2.24. The van der Waals surface area contributed by atoms with Crippen LogP contribution in [0.4, 0.5) is 5.69 Å². The van der Waals surface area contributed by atoms with E-state index in [1.807, 2.05) is 12.1 Å². The number of halogens is 1. The number of benzene rings is 2. The van der Waals surface area contributed by atoms with Gasteiger partial charge in [-0.3, -0.25) is 9.59 Å². The molecule has 0 N–H and O–H groups in total. The summed E-state index contributed by atoms with van der Waals surface area (Å²) < 4.78 is 5.21. The Labute approximate surface area is 168 Å². The molecule has 144 valence electrons. The van der Waals surface area contributed by atoms with E-state index in [0.29, 0.717) is 29.2 Å². The van der Waals surface area contributed by atoms with E-state index >= 15 is 0 Å². The number of hydrogen-bond acceptors (Lipinski definition) is 4. The molecule has 0 saturated carbocycles. The molecule has 2 aliphatic rings. The Morgan fingerprint density at radius 3 is 2.54 bits per heavy atom. The lowest BCUT2D eigenvalue weighted by Gasteiger charge is -2.18. The van der Waals surface area contributed by atoms with Gasteiger partial charge >= 0.3 is 5.97 Å². The summed E-state index contributed by atoms with van der Waals surface area (Å²) in [7, 11) is 0. The van der Waals surface area contributed by atoms with Gasteiger partial charge < -0.3 is 9.64 Å². The topological polar surface area (TPSA) is 63.7 Å². The van der Waals surface area contributed by atoms with Crippen molar-refractivity contribution < 1.29 is 19.1 Å². The van der Waals surface area contributed by atoms with Gasteiger partial charge in [-0.1, -0.05) is 23.7 Å². The molecule has 1 fully saturated rings. The molecule has 5 nitrogen and oxygen atoms in total. The van der Waals surface area contributed by atoms with Crippen molar-refractivity contribution in [2.75, 3.05) is 18.1 Å². The van der Waals surface area contributed by atoms with Crippen LogP contribution in [-0.4, -0.2) is 30.8 Å². The molecular weight excluding hydrogens is 378 g/mol. The number of carbonyl (C=O) groups excluding carboxylic acids is 3. The number of amides is 1. The molecule has 1 amide bonds. The van der Waals surface area contributed by atoms with E-state index in [-0.39, 0.29) is 23.9 Å². The van der Waals surface area contributed by atoms with E-state index in [4.69, 9.17) is 16.3 Å². The first-order chi connectivity index (χ1) is 13.5. The number of nitrogens with zero attached hydrogens (tertiary/aromatic N) is 1. The van der Waals surface area contributed by atoms with Crippen molar-refractivity contribution in [3.05, 3.63) is 63.7 Å². The standard InChI is InChI=1S/C22H20ClNO4/c23-18-9-8-17(12-19(18)24-10-2-5-21(24)26)22(27)28-13-20(25)16-7-6-14-3-1-4-15(14)11-16/h6-9,11-12H,1-5,10,13H2. The number of Topliss-reactive ketones (excluding diaryl/α,β-unsaturated/α-hetero) is 1. The first-order valence-corrected chi connectivity index (χ1v) is 9.83. The van der Waals surface area contributed by atoms with E-state index in [0.717, 1.165) is 25.7 Å². The lowest BCUT2D eigenvalue weighted by molar-refractivity contribution is -0.117. The number of anilines is 1. The van der Waals surface area contributed by atoms with Gasteiger partial charge in [0, 0.05) is 18.5 Å². The Morgan fingerprint density at radius 1 is 0.964 bits per heavy atom. The molecule has 6 heteroatoms. The van der Waals surface area contributed by atoms with Crippen molar-refractivity contribution in [3.8, 4) is 0 Å². The predicted molar refractivity (Wildman–Crippen MR) is 106 cm³/mol. The molecular formula is C22H20ClNO4. The Bertz CT molecular complexity index is 969. The van der Waals surface area contributed by atoms with E-state index in [2.05, 4.69) is 0 Å². The van der Waals surface area contributed by atoms with Gasteiger partial charge in [-0.05, 0) is 61.1 Å². The van der Waals surface area contributed by atoms with Crippen LogP contribution in [0.2, 0.25) is 5.02 Å². The van der Waals surface area contributed by atoms with Crippen LogP contribution < -0.4 is 4.90 Å². The zero-order valence-electron chi connectivity index (χ0n) is 15.4. The van der Waals surface area contributed by atoms with Crippen molar-refractivity contribution in [2.24, 2.45) is 0 Å². The number of fused-ring (bicyclic) bond motifs is 1. The molecule has 2 aromatic rings. The normalized spacial score (nSPS) is 15.6. The Balaban J connectivity index is 1.44. The minimum Gasteiger partial charge on any atom is -0.454 e. The van der Waals surface area contributed by atoms with Crippen LogP contribution in [0.5, 0.6) is 0 Å². The SMILES string of the molecule is O=C(COC(=O)c1ccc(Cl)c(N2CCCC2=O)c1)c1ccc2c(c1)CCC2. The fourth-order valence-electron chi connectivity index (χ4n) is 3.79. The zero-order valence-corrected chi connectivity index (χ0v) is 16.1. The number of aryl methyl sites for hydroxylation is 2. The van der Waals surface area contributed by atoms with Gasteiger partial charge in [0.25, 0.3) is 0 Å². The molecule has 0 unspecified atom stereocenters. The van der Waals surface area contributed by atoms with Crippen molar-refractivity contribution >= 4 is 34.9 Å². The van der Waals surface area contributed by atoms with Crippen LogP contribution in [0.1, 0.15) is 51.1 Å². The van der Waals surface area contributed by atoms with Gasteiger partial charge in [0.2, 0.25) is 5.91 Å². The van der Waals surface area contributed by atoms with E-state index in [9.17, 15) is 14.4 Å². The quantitative estimate of drug-likeness (QED) is 0.565. The fraction of sp³-hybridized carbons (Fsp3) is 0.318. The maximum atomic E-state index is 12.4. The number of esters is 1. The first-order valence-electron chi connectivity index (χ1n) is 9.45. The highest BCUT2D eigenvalue weighted by molar-refractivity contribution is 6.34. The Kier molecular flexibility index (Phi) is 5.18. The van der Waals surface area contributed by atoms with Crippen molar-refractivity contribution in [1.82, 2.24) is 0 Å². The van der Waals surface area contributed by atoms with Crippen molar-refractivity contribution in [3.63, 3.8) is 0 Å². The third-order valence-corrected chi connectivity index (χ3v) is 5.62. The maximum Gasteiger partial charge on any atom is 0.338 e. The summed E-state index contributed by atoms with van der Waals surface area (Å²) >= 11 is 6.20. The number of rotatable bonds is 5. The summed E-state index contributed by atoms with van der Waals surface area (Å²) in [5.41, 5.74) is 3.82. The minimum atomic E-state index is -0.612. The van der Waals surface area contributed by atoms with Crippen LogP contribution in [0.25, 0.3) is 0 Å².